The van der Waals surface area contributed by atoms with Crippen molar-refractivity contribution in [1.82, 2.24) is 20.1 Å². The van der Waals surface area contributed by atoms with Crippen molar-refractivity contribution in [1.29, 1.82) is 0 Å². The number of aromatic nitrogens is 3. The van der Waals surface area contributed by atoms with Gasteiger partial charge in [0.15, 0.2) is 0 Å². The molecule has 0 radical (unpaired) electrons. The number of carbonyl (C=O) groups excluding carboxylic acids is 1. The van der Waals surface area contributed by atoms with Crippen LogP contribution in [0.2, 0.25) is 0 Å². The van der Waals surface area contributed by atoms with Crippen LogP contribution >= 0.6 is 0 Å². The molecule has 0 saturated carbocycles. The third kappa shape index (κ3) is 3.76. The number of carbonyl (C=O) groups is 1. The molecule has 6 nitrogen and oxygen atoms in total. The second-order valence-electron chi connectivity index (χ2n) is 5.65. The van der Waals surface area contributed by atoms with Crippen molar-refractivity contribution in [2.45, 2.75) is 19.8 Å². The van der Waals surface area contributed by atoms with Crippen LogP contribution in [-0.2, 0) is 6.54 Å². The fourth-order valence-corrected chi connectivity index (χ4v) is 2.61. The highest BCUT2D eigenvalue weighted by Crippen LogP contribution is 2.27. The van der Waals surface area contributed by atoms with Crippen molar-refractivity contribution in [3.63, 3.8) is 0 Å². The summed E-state index contributed by atoms with van der Waals surface area (Å²) in [5.74, 6) is -0.558. The minimum absolute atomic E-state index is 0.238. The minimum Gasteiger partial charge on any atom is -0.406 e. The topological polar surface area (TPSA) is 69.0 Å². The molecular formula is C17H15F3N4O2. The van der Waals surface area contributed by atoms with Gasteiger partial charge in [-0.2, -0.15) is 5.10 Å². The molecule has 3 aromatic rings. The zero-order valence-electron chi connectivity index (χ0n) is 14.0. The van der Waals surface area contributed by atoms with Gasteiger partial charge in [-0.15, -0.1) is 13.2 Å². The van der Waals surface area contributed by atoms with Gasteiger partial charge >= 0.3 is 6.36 Å². The van der Waals surface area contributed by atoms with Gasteiger partial charge < -0.3 is 10.1 Å². The van der Waals surface area contributed by atoms with Crippen LogP contribution in [0.25, 0.3) is 10.9 Å². The molecule has 1 aromatic carbocycles. The molecule has 0 aliphatic heterocycles. The number of nitrogens with one attached hydrogen (secondary N) is 1. The molecule has 0 bridgehead atoms. The summed E-state index contributed by atoms with van der Waals surface area (Å²) in [5, 5.41) is 7.50. The highest BCUT2D eigenvalue weighted by molar-refractivity contribution is 6.03. The van der Waals surface area contributed by atoms with Gasteiger partial charge in [0.25, 0.3) is 5.91 Å². The number of aryl methyl sites for hydroxylation is 1. The maximum absolute atomic E-state index is 12.3. The van der Waals surface area contributed by atoms with Gasteiger partial charge in [0.2, 0.25) is 0 Å². The number of halogens is 3. The zero-order chi connectivity index (χ0) is 18.9. The number of fused-ring (bicyclic) bond motifs is 1. The predicted octanol–water partition coefficient (Wildman–Crippen LogP) is 3.05. The van der Waals surface area contributed by atoms with E-state index in [2.05, 4.69) is 20.1 Å². The molecule has 0 saturated heterocycles. The molecule has 2 heterocycles. The fourth-order valence-electron chi connectivity index (χ4n) is 2.61. The average Bonchev–Trinajstić information content (AvgIpc) is 2.97. The number of alkyl halides is 3. The van der Waals surface area contributed by atoms with E-state index in [9.17, 15) is 18.0 Å². The van der Waals surface area contributed by atoms with E-state index in [1.54, 1.807) is 29.1 Å². The molecule has 0 fully saturated rings. The molecule has 0 unspecified atom stereocenters. The van der Waals surface area contributed by atoms with E-state index in [-0.39, 0.29) is 17.4 Å². The monoisotopic (exact) mass is 364 g/mol. The maximum atomic E-state index is 12.3. The summed E-state index contributed by atoms with van der Waals surface area (Å²) in [7, 11) is 1.51. The average molecular weight is 364 g/mol. The fraction of sp³-hybridized carbons (Fsp3) is 0.235. The minimum atomic E-state index is -4.73. The van der Waals surface area contributed by atoms with Crippen LogP contribution in [0.15, 0.2) is 36.7 Å². The van der Waals surface area contributed by atoms with Crippen molar-refractivity contribution in [3.05, 3.63) is 53.5 Å². The number of ether oxygens (including phenoxy) is 1. The Kier molecular flexibility index (Phi) is 4.54. The molecule has 3 rings (SSSR count). The highest BCUT2D eigenvalue weighted by atomic mass is 19.4. The maximum Gasteiger partial charge on any atom is 0.573 e. The third-order valence-corrected chi connectivity index (χ3v) is 3.73. The Balaban J connectivity index is 1.87. The number of rotatable bonds is 4. The summed E-state index contributed by atoms with van der Waals surface area (Å²) in [6.07, 6.45) is -1.55. The first kappa shape index (κ1) is 17.7. The van der Waals surface area contributed by atoms with E-state index in [1.807, 2.05) is 0 Å². The van der Waals surface area contributed by atoms with Crippen LogP contribution in [0.1, 0.15) is 21.6 Å². The molecule has 0 atom stereocenters. The smallest absolute Gasteiger partial charge is 0.406 e. The number of hydrogen-bond acceptors (Lipinski definition) is 4. The second-order valence-corrected chi connectivity index (χ2v) is 5.65. The van der Waals surface area contributed by atoms with Crippen molar-refractivity contribution in [3.8, 4) is 5.75 Å². The molecule has 2 aromatic heterocycles. The molecule has 1 N–H and O–H groups in total. The van der Waals surface area contributed by atoms with E-state index in [1.165, 1.54) is 26.2 Å². The third-order valence-electron chi connectivity index (χ3n) is 3.73. The summed E-state index contributed by atoms with van der Waals surface area (Å²) >= 11 is 0. The molecule has 26 heavy (non-hydrogen) atoms. The van der Waals surface area contributed by atoms with Crippen molar-refractivity contribution < 1.29 is 22.7 Å². The van der Waals surface area contributed by atoms with Crippen LogP contribution in [0.5, 0.6) is 5.75 Å². The Hall–Kier alpha value is -3.10. The molecule has 9 heteroatoms. The first-order valence-corrected chi connectivity index (χ1v) is 7.66. The van der Waals surface area contributed by atoms with E-state index < -0.39 is 6.36 Å². The number of hydrogen-bond donors (Lipinski definition) is 1. The first-order chi connectivity index (χ1) is 12.3. The Labute approximate surface area is 146 Å². The first-order valence-electron chi connectivity index (χ1n) is 7.66. The molecule has 0 aliphatic rings. The number of benzene rings is 1. The molecule has 136 valence electrons. The van der Waals surface area contributed by atoms with Crippen LogP contribution in [0, 0.1) is 6.92 Å². The Morgan fingerprint density at radius 1 is 1.31 bits per heavy atom. The Morgan fingerprint density at radius 2 is 2.08 bits per heavy atom. The van der Waals surface area contributed by atoms with E-state index in [4.69, 9.17) is 0 Å². The van der Waals surface area contributed by atoms with Crippen LogP contribution in [0.3, 0.4) is 0 Å². The largest absolute Gasteiger partial charge is 0.573 e. The van der Waals surface area contributed by atoms with Gasteiger partial charge in [-0.25, -0.2) is 0 Å². The number of amides is 1. The number of nitrogens with zero attached hydrogens (tertiary/aromatic N) is 3. The van der Waals surface area contributed by atoms with Gasteiger partial charge in [0, 0.05) is 19.4 Å². The Bertz CT molecular complexity index is 966. The lowest BCUT2D eigenvalue weighted by Crippen LogP contribution is -2.19. The van der Waals surface area contributed by atoms with Crippen LogP contribution < -0.4 is 10.1 Å². The van der Waals surface area contributed by atoms with Crippen LogP contribution in [0.4, 0.5) is 13.2 Å². The van der Waals surface area contributed by atoms with Gasteiger partial charge in [-0.3, -0.25) is 14.5 Å². The summed E-state index contributed by atoms with van der Waals surface area (Å²) < 4.78 is 42.6. The van der Waals surface area contributed by atoms with E-state index in [0.717, 1.165) is 5.56 Å². The summed E-state index contributed by atoms with van der Waals surface area (Å²) in [5.41, 5.74) is 1.98. The molecule has 0 aliphatic carbocycles. The van der Waals surface area contributed by atoms with Crippen molar-refractivity contribution in [2.75, 3.05) is 7.05 Å². The number of pyridine rings is 1. The highest BCUT2D eigenvalue weighted by Gasteiger charge is 2.31. The van der Waals surface area contributed by atoms with Crippen molar-refractivity contribution >= 4 is 16.8 Å². The Morgan fingerprint density at radius 3 is 2.73 bits per heavy atom. The standard InChI is InChI=1S/C17H15F3N4O2/c1-10-7-11(3-4-14(10)26-17(18,19)20)8-24-9-12-13(23-24)5-6-22-15(12)16(25)21-2/h3-7,9H,8H2,1-2H3,(H,21,25). The molecule has 0 spiro atoms. The van der Waals surface area contributed by atoms with Crippen LogP contribution in [-0.4, -0.2) is 34.1 Å². The zero-order valence-corrected chi connectivity index (χ0v) is 14.0. The lowest BCUT2D eigenvalue weighted by molar-refractivity contribution is -0.274. The lowest BCUT2D eigenvalue weighted by Gasteiger charge is -2.12. The van der Waals surface area contributed by atoms with Gasteiger partial charge in [-0.05, 0) is 30.2 Å². The summed E-state index contributed by atoms with van der Waals surface area (Å²) in [6, 6.07) is 6.10. The van der Waals surface area contributed by atoms with Gasteiger partial charge in [0.1, 0.15) is 11.4 Å². The van der Waals surface area contributed by atoms with Gasteiger partial charge in [0.05, 0.1) is 17.4 Å². The summed E-state index contributed by atoms with van der Waals surface area (Å²) in [4.78, 5) is 15.9. The normalized spacial score (nSPS) is 11.6. The van der Waals surface area contributed by atoms with Crippen molar-refractivity contribution in [2.24, 2.45) is 0 Å². The molecular weight excluding hydrogens is 349 g/mol. The second kappa shape index (κ2) is 6.66. The lowest BCUT2D eigenvalue weighted by atomic mass is 10.1. The molecule has 1 amide bonds. The quantitative estimate of drug-likeness (QED) is 0.773. The predicted molar refractivity (Wildman–Crippen MR) is 87.9 cm³/mol. The van der Waals surface area contributed by atoms with E-state index >= 15 is 0 Å². The van der Waals surface area contributed by atoms with Gasteiger partial charge in [-0.1, -0.05) is 12.1 Å². The summed E-state index contributed by atoms with van der Waals surface area (Å²) in [6.45, 7) is 1.87. The SMILES string of the molecule is CNC(=O)c1nccc2nn(Cc3ccc(OC(F)(F)F)c(C)c3)cc12. The van der Waals surface area contributed by atoms with E-state index in [0.29, 0.717) is 23.0 Å².